The predicted molar refractivity (Wildman–Crippen MR) is 49.1 cm³/mol. The average molecular weight is 184 g/mol. The van der Waals surface area contributed by atoms with Gasteiger partial charge in [0, 0.05) is 17.5 Å². The van der Waals surface area contributed by atoms with E-state index in [1.54, 1.807) is 6.07 Å². The molecule has 1 aromatic heterocycles. The molecule has 0 saturated carbocycles. The van der Waals surface area contributed by atoms with Gasteiger partial charge in [-0.25, -0.2) is 0 Å². The van der Waals surface area contributed by atoms with Crippen molar-refractivity contribution in [2.75, 3.05) is 6.54 Å². The lowest BCUT2D eigenvalue weighted by Crippen LogP contribution is -1.98. The smallest absolute Gasteiger partial charge is 0.324 e. The van der Waals surface area contributed by atoms with Crippen LogP contribution in [-0.2, 0) is 0 Å². The van der Waals surface area contributed by atoms with E-state index >= 15 is 0 Å². The molecule has 0 radical (unpaired) electrons. The fraction of sp³-hybridized carbons (Fsp3) is 0.143. The second-order valence-electron chi connectivity index (χ2n) is 2.20. The van der Waals surface area contributed by atoms with Crippen molar-refractivity contribution in [2.24, 2.45) is 5.73 Å². The molecule has 4 nitrogen and oxygen atoms in total. The van der Waals surface area contributed by atoms with Crippen molar-refractivity contribution < 1.29 is 4.92 Å². The minimum atomic E-state index is -0.419. The minimum absolute atomic E-state index is 0.125. The number of nitrogens with two attached hydrogens (primary N) is 1. The van der Waals surface area contributed by atoms with Gasteiger partial charge in [0.1, 0.15) is 0 Å². The molecule has 12 heavy (non-hydrogen) atoms. The van der Waals surface area contributed by atoms with Crippen LogP contribution in [0.4, 0.5) is 5.00 Å². The highest BCUT2D eigenvalue weighted by atomic mass is 32.1. The van der Waals surface area contributed by atoms with Gasteiger partial charge in [0.15, 0.2) is 0 Å². The molecule has 0 atom stereocenters. The number of nitro groups is 1. The summed E-state index contributed by atoms with van der Waals surface area (Å²) in [6.45, 7) is 4.01. The predicted octanol–water partition coefficient (Wildman–Crippen LogP) is 1.63. The van der Waals surface area contributed by atoms with Crippen molar-refractivity contribution in [3.8, 4) is 0 Å². The second-order valence-corrected chi connectivity index (χ2v) is 3.26. The van der Waals surface area contributed by atoms with E-state index in [9.17, 15) is 10.1 Å². The Hall–Kier alpha value is -1.20. The molecule has 0 aromatic carbocycles. The Morgan fingerprint density at radius 3 is 2.83 bits per heavy atom. The number of rotatable bonds is 3. The summed E-state index contributed by atoms with van der Waals surface area (Å²) in [7, 11) is 0. The van der Waals surface area contributed by atoms with Crippen LogP contribution in [0.1, 0.15) is 4.88 Å². The molecule has 5 heteroatoms. The van der Waals surface area contributed by atoms with E-state index < -0.39 is 4.92 Å². The maximum atomic E-state index is 10.3. The van der Waals surface area contributed by atoms with E-state index in [4.69, 9.17) is 5.73 Å². The molecule has 0 saturated heterocycles. The molecule has 0 aliphatic carbocycles. The van der Waals surface area contributed by atoms with Crippen LogP contribution in [-0.4, -0.2) is 11.5 Å². The molecule has 0 bridgehead atoms. The molecular formula is C7H8N2O2S. The summed E-state index contributed by atoms with van der Waals surface area (Å²) in [6, 6.07) is 3.12. The van der Waals surface area contributed by atoms with Crippen LogP contribution in [0.15, 0.2) is 18.7 Å². The van der Waals surface area contributed by atoms with Gasteiger partial charge in [-0.15, -0.1) is 0 Å². The Kier molecular flexibility index (Phi) is 2.57. The second kappa shape index (κ2) is 3.46. The maximum Gasteiger partial charge on any atom is 0.324 e. The lowest BCUT2D eigenvalue weighted by molar-refractivity contribution is -0.380. The zero-order valence-corrected chi connectivity index (χ0v) is 7.13. The zero-order chi connectivity index (χ0) is 9.14. The fourth-order valence-corrected chi connectivity index (χ4v) is 1.52. The van der Waals surface area contributed by atoms with Gasteiger partial charge in [0.05, 0.1) is 4.92 Å². The van der Waals surface area contributed by atoms with Gasteiger partial charge in [-0.2, -0.15) is 0 Å². The largest absolute Gasteiger partial charge is 0.326 e. The Morgan fingerprint density at radius 1 is 1.75 bits per heavy atom. The van der Waals surface area contributed by atoms with Crippen LogP contribution < -0.4 is 5.73 Å². The molecule has 2 N–H and O–H groups in total. The van der Waals surface area contributed by atoms with Crippen molar-refractivity contribution in [3.05, 3.63) is 33.7 Å². The first-order chi connectivity index (χ1) is 5.65. The van der Waals surface area contributed by atoms with E-state index in [1.807, 2.05) is 0 Å². The Labute approximate surface area is 73.5 Å². The SMILES string of the molecule is C=C(CN)c1ccc([N+](=O)[O-])s1. The molecule has 0 aliphatic rings. The molecular weight excluding hydrogens is 176 g/mol. The van der Waals surface area contributed by atoms with E-state index in [-0.39, 0.29) is 5.00 Å². The third-order valence-corrected chi connectivity index (χ3v) is 2.51. The summed E-state index contributed by atoms with van der Waals surface area (Å²) >= 11 is 1.10. The van der Waals surface area contributed by atoms with Crippen LogP contribution in [0, 0.1) is 10.1 Å². The lowest BCUT2D eigenvalue weighted by Gasteiger charge is -1.93. The highest BCUT2D eigenvalue weighted by molar-refractivity contribution is 7.16. The van der Waals surface area contributed by atoms with E-state index in [2.05, 4.69) is 6.58 Å². The molecule has 0 fully saturated rings. The van der Waals surface area contributed by atoms with Gasteiger partial charge in [0.25, 0.3) is 0 Å². The summed E-state index contributed by atoms with van der Waals surface area (Å²) in [5.74, 6) is 0. The molecule has 0 unspecified atom stereocenters. The Bertz CT molecular complexity index is 319. The molecule has 0 aliphatic heterocycles. The third kappa shape index (κ3) is 1.69. The summed E-state index contributed by atoms with van der Waals surface area (Å²) in [5.41, 5.74) is 6.06. The van der Waals surface area contributed by atoms with Crippen LogP contribution in [0.25, 0.3) is 5.57 Å². The molecule has 1 heterocycles. The van der Waals surface area contributed by atoms with E-state index in [0.717, 1.165) is 21.8 Å². The molecule has 1 aromatic rings. The molecule has 64 valence electrons. The Balaban J connectivity index is 2.91. The topological polar surface area (TPSA) is 69.2 Å². The maximum absolute atomic E-state index is 10.3. The minimum Gasteiger partial charge on any atom is -0.326 e. The first-order valence-electron chi connectivity index (χ1n) is 3.27. The van der Waals surface area contributed by atoms with Crippen LogP contribution >= 0.6 is 11.3 Å². The van der Waals surface area contributed by atoms with Crippen molar-refractivity contribution in [1.82, 2.24) is 0 Å². The zero-order valence-electron chi connectivity index (χ0n) is 6.32. The van der Waals surface area contributed by atoms with Gasteiger partial charge >= 0.3 is 5.00 Å². The normalized spacial score (nSPS) is 9.75. The van der Waals surface area contributed by atoms with Crippen molar-refractivity contribution in [2.45, 2.75) is 0 Å². The number of hydrogen-bond donors (Lipinski definition) is 1. The molecule has 0 spiro atoms. The van der Waals surface area contributed by atoms with Crippen molar-refractivity contribution >= 4 is 21.9 Å². The number of thiophene rings is 1. The van der Waals surface area contributed by atoms with E-state index in [1.165, 1.54) is 6.07 Å². The van der Waals surface area contributed by atoms with Gasteiger partial charge < -0.3 is 5.73 Å². The van der Waals surface area contributed by atoms with Crippen molar-refractivity contribution in [1.29, 1.82) is 0 Å². The Morgan fingerprint density at radius 2 is 2.42 bits per heavy atom. The summed E-state index contributed by atoms with van der Waals surface area (Å²) in [5, 5.41) is 10.4. The fourth-order valence-electron chi connectivity index (χ4n) is 0.716. The summed E-state index contributed by atoms with van der Waals surface area (Å²) in [4.78, 5) is 10.6. The van der Waals surface area contributed by atoms with Gasteiger partial charge in [0.2, 0.25) is 0 Å². The average Bonchev–Trinajstić information content (AvgIpc) is 2.51. The standard InChI is InChI=1S/C7H8N2O2S/c1-5(4-8)6-2-3-7(12-6)9(10)11/h2-3H,1,4,8H2. The monoisotopic (exact) mass is 184 g/mol. The van der Waals surface area contributed by atoms with Gasteiger partial charge in [-0.05, 0) is 11.6 Å². The van der Waals surface area contributed by atoms with Crippen LogP contribution in [0.3, 0.4) is 0 Å². The first kappa shape index (κ1) is 8.89. The lowest BCUT2D eigenvalue weighted by atomic mass is 10.2. The van der Waals surface area contributed by atoms with E-state index in [0.29, 0.717) is 6.54 Å². The molecule has 0 amide bonds. The van der Waals surface area contributed by atoms with Crippen molar-refractivity contribution in [3.63, 3.8) is 0 Å². The van der Waals surface area contributed by atoms with Crippen LogP contribution in [0.5, 0.6) is 0 Å². The first-order valence-corrected chi connectivity index (χ1v) is 4.09. The molecule has 1 rings (SSSR count). The summed E-state index contributed by atoms with van der Waals surface area (Å²) in [6.07, 6.45) is 0. The quantitative estimate of drug-likeness (QED) is 0.573. The van der Waals surface area contributed by atoms with Crippen LogP contribution in [0.2, 0.25) is 0 Å². The number of nitrogens with zero attached hydrogens (tertiary/aromatic N) is 1. The third-order valence-electron chi connectivity index (χ3n) is 1.37. The highest BCUT2D eigenvalue weighted by Crippen LogP contribution is 2.27. The number of hydrogen-bond acceptors (Lipinski definition) is 4. The summed E-state index contributed by atoms with van der Waals surface area (Å²) < 4.78 is 0. The highest BCUT2D eigenvalue weighted by Gasteiger charge is 2.10. The van der Waals surface area contributed by atoms with Gasteiger partial charge in [-0.3, -0.25) is 10.1 Å². The van der Waals surface area contributed by atoms with Gasteiger partial charge in [-0.1, -0.05) is 17.9 Å².